The van der Waals surface area contributed by atoms with Gasteiger partial charge in [-0.25, -0.2) is 13.6 Å². The second kappa shape index (κ2) is 8.64. The van der Waals surface area contributed by atoms with E-state index in [9.17, 15) is 23.5 Å². The van der Waals surface area contributed by atoms with Gasteiger partial charge in [-0.05, 0) is 54.1 Å². The largest absolute Gasteiger partial charge is 0.505 e. The minimum Gasteiger partial charge on any atom is -0.505 e. The molecule has 0 aliphatic carbocycles. The van der Waals surface area contributed by atoms with Gasteiger partial charge in [0.15, 0.2) is 5.75 Å². The van der Waals surface area contributed by atoms with Crippen molar-refractivity contribution < 1.29 is 18.3 Å². The number of hydrogen-bond donors (Lipinski definition) is 1. The van der Waals surface area contributed by atoms with Crippen LogP contribution in [0.5, 0.6) is 5.75 Å². The normalized spacial score (nSPS) is 11.1. The lowest BCUT2D eigenvalue weighted by Crippen LogP contribution is -2.21. The third kappa shape index (κ3) is 3.88. The van der Waals surface area contributed by atoms with Gasteiger partial charge in [0.25, 0.3) is 5.56 Å². The molecule has 5 nitrogen and oxygen atoms in total. The topological polar surface area (TPSA) is 72.4 Å². The molecule has 0 fully saturated rings. The van der Waals surface area contributed by atoms with Crippen LogP contribution in [0.2, 0.25) is 0 Å². The van der Waals surface area contributed by atoms with Gasteiger partial charge in [-0.3, -0.25) is 9.36 Å². The van der Waals surface area contributed by atoms with Crippen molar-refractivity contribution in [2.75, 3.05) is 0 Å². The van der Waals surface area contributed by atoms with Crippen molar-refractivity contribution in [2.45, 2.75) is 9.79 Å². The molecule has 0 aliphatic heterocycles. The number of halogens is 2. The number of fused-ring (bicyclic) bond motifs is 1. The van der Waals surface area contributed by atoms with E-state index in [0.29, 0.717) is 21.8 Å². The van der Waals surface area contributed by atoms with Crippen molar-refractivity contribution in [1.29, 1.82) is 0 Å². The molecule has 0 aliphatic rings. The lowest BCUT2D eigenvalue weighted by Gasteiger charge is -2.15. The third-order valence-corrected chi connectivity index (χ3v) is 6.27. The van der Waals surface area contributed by atoms with Crippen LogP contribution in [0.3, 0.4) is 0 Å². The minimum absolute atomic E-state index is 0.0897. The predicted molar refractivity (Wildman–Crippen MR) is 126 cm³/mol. The molecule has 0 saturated carbocycles. The van der Waals surface area contributed by atoms with Gasteiger partial charge >= 0.3 is 5.63 Å². The number of aromatic nitrogens is 1. The van der Waals surface area contributed by atoms with Gasteiger partial charge in [0, 0.05) is 16.6 Å². The molecule has 0 amide bonds. The Labute approximate surface area is 195 Å². The van der Waals surface area contributed by atoms with E-state index in [1.165, 1.54) is 59.2 Å². The van der Waals surface area contributed by atoms with Crippen LogP contribution in [0.4, 0.5) is 8.78 Å². The molecule has 0 unspecified atom stereocenters. The van der Waals surface area contributed by atoms with Crippen LogP contribution in [0.15, 0.2) is 109 Å². The number of aromatic hydroxyl groups is 1. The van der Waals surface area contributed by atoms with E-state index in [-0.39, 0.29) is 15.9 Å². The number of benzene rings is 3. The molecule has 0 spiro atoms. The summed E-state index contributed by atoms with van der Waals surface area (Å²) in [5, 5.41) is 10.8. The molecule has 8 heteroatoms. The van der Waals surface area contributed by atoms with Crippen molar-refractivity contribution in [3.8, 4) is 22.7 Å². The molecule has 0 atom stereocenters. The molecule has 2 heterocycles. The van der Waals surface area contributed by atoms with Crippen LogP contribution in [-0.2, 0) is 0 Å². The summed E-state index contributed by atoms with van der Waals surface area (Å²) in [7, 11) is 0. The molecular formula is C26H15F2NO4S. The Kier molecular flexibility index (Phi) is 5.51. The number of rotatable bonds is 4. The van der Waals surface area contributed by atoms with Gasteiger partial charge < -0.3 is 9.52 Å². The van der Waals surface area contributed by atoms with E-state index in [4.69, 9.17) is 4.42 Å². The number of nitrogens with zero attached hydrogens (tertiary/aromatic N) is 1. The Morgan fingerprint density at radius 3 is 2.09 bits per heavy atom. The Morgan fingerprint density at radius 1 is 0.824 bits per heavy atom. The zero-order valence-electron chi connectivity index (χ0n) is 17.4. The van der Waals surface area contributed by atoms with E-state index >= 15 is 0 Å². The molecule has 1 N–H and O–H groups in total. The van der Waals surface area contributed by atoms with Gasteiger partial charge in [0.1, 0.15) is 27.5 Å². The van der Waals surface area contributed by atoms with Gasteiger partial charge in [0.2, 0.25) is 0 Å². The highest BCUT2D eigenvalue weighted by molar-refractivity contribution is 7.99. The van der Waals surface area contributed by atoms with Gasteiger partial charge in [-0.2, -0.15) is 0 Å². The SMILES string of the molecule is O=c1oc2cc(-c3ccccc3)n(-c3ccc(F)cc3)c(=O)c2c(O)c1Sc1ccc(F)cc1. The molecular weight excluding hydrogens is 460 g/mol. The van der Waals surface area contributed by atoms with Crippen molar-refractivity contribution in [3.63, 3.8) is 0 Å². The fraction of sp³-hybridized carbons (Fsp3) is 0. The first-order valence-corrected chi connectivity index (χ1v) is 10.9. The van der Waals surface area contributed by atoms with Crippen molar-refractivity contribution >= 4 is 22.7 Å². The monoisotopic (exact) mass is 475 g/mol. The smallest absolute Gasteiger partial charge is 0.354 e. The standard InChI is InChI=1S/C26H15F2NO4S/c27-16-6-10-18(11-7-16)29-20(15-4-2-1-3-5-15)14-21-22(25(29)31)23(30)24(26(32)33-21)34-19-12-8-17(28)9-13-19/h1-14,30H. The summed E-state index contributed by atoms with van der Waals surface area (Å²) in [4.78, 5) is 26.7. The van der Waals surface area contributed by atoms with E-state index < -0.39 is 28.6 Å². The van der Waals surface area contributed by atoms with Crippen LogP contribution < -0.4 is 11.2 Å². The van der Waals surface area contributed by atoms with E-state index in [1.54, 1.807) is 24.3 Å². The Hall–Kier alpha value is -4.17. The highest BCUT2D eigenvalue weighted by Crippen LogP contribution is 2.36. The van der Waals surface area contributed by atoms with Gasteiger partial charge in [-0.1, -0.05) is 42.1 Å². The third-order valence-electron chi connectivity index (χ3n) is 5.20. The van der Waals surface area contributed by atoms with Crippen LogP contribution in [0, 0.1) is 11.6 Å². The van der Waals surface area contributed by atoms with Crippen molar-refractivity contribution in [1.82, 2.24) is 4.57 Å². The maximum Gasteiger partial charge on any atom is 0.354 e. The van der Waals surface area contributed by atoms with Crippen LogP contribution in [0.1, 0.15) is 0 Å². The maximum atomic E-state index is 13.7. The Bertz CT molecular complexity index is 1630. The predicted octanol–water partition coefficient (Wildman–Crippen LogP) is 5.75. The molecule has 5 rings (SSSR count). The van der Waals surface area contributed by atoms with Crippen molar-refractivity contribution in [2.24, 2.45) is 0 Å². The van der Waals surface area contributed by atoms with Gasteiger partial charge in [0.05, 0.1) is 5.69 Å². The second-order valence-electron chi connectivity index (χ2n) is 7.38. The summed E-state index contributed by atoms with van der Waals surface area (Å²) >= 11 is 0.857. The first kappa shape index (κ1) is 21.7. The first-order chi connectivity index (χ1) is 16.4. The highest BCUT2D eigenvalue weighted by Gasteiger charge is 2.22. The fourth-order valence-electron chi connectivity index (χ4n) is 3.62. The summed E-state index contributed by atoms with van der Waals surface area (Å²) in [6, 6.07) is 21.1. The Morgan fingerprint density at radius 2 is 1.44 bits per heavy atom. The zero-order chi connectivity index (χ0) is 23.8. The quantitative estimate of drug-likeness (QED) is 0.359. The lowest BCUT2D eigenvalue weighted by molar-refractivity contribution is 0.446. The average Bonchev–Trinajstić information content (AvgIpc) is 2.84. The molecule has 0 saturated heterocycles. The van der Waals surface area contributed by atoms with E-state index in [0.717, 1.165) is 11.8 Å². The van der Waals surface area contributed by atoms with E-state index in [1.807, 2.05) is 6.07 Å². The molecule has 34 heavy (non-hydrogen) atoms. The summed E-state index contributed by atoms with van der Waals surface area (Å²) in [5.41, 5.74) is -0.162. The minimum atomic E-state index is -0.836. The maximum absolute atomic E-state index is 13.7. The van der Waals surface area contributed by atoms with Gasteiger partial charge in [-0.15, -0.1) is 0 Å². The molecule has 3 aromatic carbocycles. The summed E-state index contributed by atoms with van der Waals surface area (Å²) in [6.07, 6.45) is 0. The lowest BCUT2D eigenvalue weighted by atomic mass is 10.1. The summed E-state index contributed by atoms with van der Waals surface area (Å²) < 4.78 is 33.6. The zero-order valence-corrected chi connectivity index (χ0v) is 18.2. The van der Waals surface area contributed by atoms with E-state index in [2.05, 4.69) is 0 Å². The van der Waals surface area contributed by atoms with Crippen molar-refractivity contribution in [3.05, 3.63) is 117 Å². The summed E-state index contributed by atoms with van der Waals surface area (Å²) in [6.45, 7) is 0. The van der Waals surface area contributed by atoms with Crippen LogP contribution in [-0.4, -0.2) is 9.67 Å². The first-order valence-electron chi connectivity index (χ1n) is 10.1. The number of pyridine rings is 1. The van der Waals surface area contributed by atoms with Crippen LogP contribution >= 0.6 is 11.8 Å². The molecule has 5 aromatic rings. The summed E-state index contributed by atoms with van der Waals surface area (Å²) in [5.74, 6) is -1.46. The fourth-order valence-corrected chi connectivity index (χ4v) is 4.45. The molecule has 0 bridgehead atoms. The van der Waals surface area contributed by atoms with Crippen LogP contribution in [0.25, 0.3) is 27.9 Å². The Balaban J connectivity index is 1.80. The molecule has 168 valence electrons. The second-order valence-corrected chi connectivity index (χ2v) is 8.46. The molecule has 0 radical (unpaired) electrons. The molecule has 2 aromatic heterocycles. The average molecular weight is 475 g/mol. The number of hydrogen-bond acceptors (Lipinski definition) is 5. The highest BCUT2D eigenvalue weighted by atomic mass is 32.2.